The Morgan fingerprint density at radius 3 is 2.70 bits per heavy atom. The molecule has 0 aliphatic carbocycles. The van der Waals surface area contributed by atoms with Crippen LogP contribution in [0.25, 0.3) is 0 Å². The van der Waals surface area contributed by atoms with E-state index in [2.05, 4.69) is 17.2 Å². The van der Waals surface area contributed by atoms with Gasteiger partial charge in [0.1, 0.15) is 12.4 Å². The van der Waals surface area contributed by atoms with Gasteiger partial charge in [0.05, 0.1) is 18.7 Å². The van der Waals surface area contributed by atoms with Crippen LogP contribution in [-0.4, -0.2) is 19.7 Å². The third-order valence-corrected chi connectivity index (χ3v) is 3.21. The zero-order chi connectivity index (χ0) is 16.5. The van der Waals surface area contributed by atoms with Crippen LogP contribution in [0.4, 0.5) is 4.79 Å². The molecule has 0 aliphatic heterocycles. The molecule has 2 aromatic rings. The van der Waals surface area contributed by atoms with Crippen molar-refractivity contribution in [1.82, 2.24) is 5.32 Å². The van der Waals surface area contributed by atoms with Gasteiger partial charge in [-0.05, 0) is 23.8 Å². The van der Waals surface area contributed by atoms with Crippen molar-refractivity contribution in [2.45, 2.75) is 6.61 Å². The first-order valence-corrected chi connectivity index (χ1v) is 7.34. The minimum Gasteiger partial charge on any atom is -0.495 e. The molecular weight excluding hydrogens is 314 g/mol. The lowest BCUT2D eigenvalue weighted by molar-refractivity contribution is 0.141. The van der Waals surface area contributed by atoms with E-state index in [0.29, 0.717) is 10.8 Å². The Balaban J connectivity index is 1.76. The summed E-state index contributed by atoms with van der Waals surface area (Å²) in [5, 5.41) is 3.06. The highest BCUT2D eigenvalue weighted by Gasteiger charge is 2.01. The fraction of sp³-hybridized carbons (Fsp3) is 0.167. The topological polar surface area (TPSA) is 47.6 Å². The van der Waals surface area contributed by atoms with Crippen molar-refractivity contribution in [3.8, 4) is 17.6 Å². The summed E-state index contributed by atoms with van der Waals surface area (Å²) in [7, 11) is 1.55. The normalized spacial score (nSPS) is 9.48. The number of nitrogens with one attached hydrogen (secondary N) is 1. The SMILES string of the molecule is COc1ccc(C#CCNC(=O)OCc2ccccc2)cc1Cl. The van der Waals surface area contributed by atoms with Crippen molar-refractivity contribution >= 4 is 17.7 Å². The first-order chi connectivity index (χ1) is 11.2. The molecular formula is C18H16ClNO3. The second-order valence-corrected chi connectivity index (χ2v) is 4.97. The van der Waals surface area contributed by atoms with Gasteiger partial charge in [0, 0.05) is 5.56 Å². The van der Waals surface area contributed by atoms with E-state index in [0.717, 1.165) is 11.1 Å². The Hall–Kier alpha value is -2.64. The zero-order valence-corrected chi connectivity index (χ0v) is 13.4. The highest BCUT2D eigenvalue weighted by molar-refractivity contribution is 6.32. The van der Waals surface area contributed by atoms with Crippen molar-refractivity contribution in [1.29, 1.82) is 0 Å². The number of amides is 1. The van der Waals surface area contributed by atoms with Crippen LogP contribution in [-0.2, 0) is 11.3 Å². The van der Waals surface area contributed by atoms with E-state index in [9.17, 15) is 4.79 Å². The molecule has 0 aliphatic rings. The maximum atomic E-state index is 11.5. The van der Waals surface area contributed by atoms with E-state index >= 15 is 0 Å². The first-order valence-electron chi connectivity index (χ1n) is 6.96. The van der Waals surface area contributed by atoms with Crippen molar-refractivity contribution in [3.63, 3.8) is 0 Å². The van der Waals surface area contributed by atoms with Gasteiger partial charge in [-0.25, -0.2) is 4.79 Å². The largest absolute Gasteiger partial charge is 0.495 e. The smallest absolute Gasteiger partial charge is 0.408 e. The van der Waals surface area contributed by atoms with Gasteiger partial charge < -0.3 is 14.8 Å². The van der Waals surface area contributed by atoms with E-state index in [4.69, 9.17) is 21.1 Å². The van der Waals surface area contributed by atoms with E-state index in [1.54, 1.807) is 25.3 Å². The molecule has 0 saturated heterocycles. The summed E-state index contributed by atoms with van der Waals surface area (Å²) >= 11 is 6.01. The van der Waals surface area contributed by atoms with E-state index in [1.807, 2.05) is 30.3 Å². The Kier molecular flexibility index (Phi) is 6.34. The van der Waals surface area contributed by atoms with E-state index in [1.165, 1.54) is 0 Å². The van der Waals surface area contributed by atoms with Gasteiger partial charge in [-0.2, -0.15) is 0 Å². The molecule has 0 radical (unpaired) electrons. The van der Waals surface area contributed by atoms with Gasteiger partial charge in [-0.1, -0.05) is 53.8 Å². The van der Waals surface area contributed by atoms with Crippen LogP contribution in [0.5, 0.6) is 5.75 Å². The molecule has 1 amide bonds. The van der Waals surface area contributed by atoms with E-state index in [-0.39, 0.29) is 13.2 Å². The molecule has 2 rings (SSSR count). The Morgan fingerprint density at radius 2 is 2.00 bits per heavy atom. The predicted octanol–water partition coefficient (Wildman–Crippen LogP) is 3.63. The number of hydrogen-bond donors (Lipinski definition) is 1. The standard InChI is InChI=1S/C18H16ClNO3/c1-22-17-10-9-14(12-16(17)19)8-5-11-20-18(21)23-13-15-6-3-2-4-7-15/h2-4,6-7,9-10,12H,11,13H2,1H3,(H,20,21). The zero-order valence-electron chi connectivity index (χ0n) is 12.6. The van der Waals surface area contributed by atoms with Crippen LogP contribution < -0.4 is 10.1 Å². The maximum absolute atomic E-state index is 11.5. The Bertz CT molecular complexity index is 720. The molecule has 4 nitrogen and oxygen atoms in total. The summed E-state index contributed by atoms with van der Waals surface area (Å²) in [5.74, 6) is 6.34. The molecule has 1 N–H and O–H groups in total. The Labute approximate surface area is 140 Å². The molecule has 118 valence electrons. The lowest BCUT2D eigenvalue weighted by Gasteiger charge is -2.04. The third kappa shape index (κ3) is 5.57. The molecule has 0 saturated carbocycles. The number of carbonyl (C=O) groups is 1. The summed E-state index contributed by atoms with van der Waals surface area (Å²) in [6.07, 6.45) is -0.504. The molecule has 0 atom stereocenters. The quantitative estimate of drug-likeness (QED) is 0.871. The van der Waals surface area contributed by atoms with Gasteiger partial charge in [0.25, 0.3) is 0 Å². The predicted molar refractivity (Wildman–Crippen MR) is 89.5 cm³/mol. The van der Waals surface area contributed by atoms with Crippen LogP contribution in [0.1, 0.15) is 11.1 Å². The highest BCUT2D eigenvalue weighted by atomic mass is 35.5. The average Bonchev–Trinajstić information content (AvgIpc) is 2.58. The lowest BCUT2D eigenvalue weighted by Crippen LogP contribution is -2.24. The van der Waals surface area contributed by atoms with Crippen LogP contribution in [0.3, 0.4) is 0 Å². The van der Waals surface area contributed by atoms with Gasteiger partial charge >= 0.3 is 6.09 Å². The van der Waals surface area contributed by atoms with Crippen molar-refractivity contribution in [2.75, 3.05) is 13.7 Å². The van der Waals surface area contributed by atoms with Crippen LogP contribution in [0, 0.1) is 11.8 Å². The average molecular weight is 330 g/mol. The second-order valence-electron chi connectivity index (χ2n) is 4.57. The lowest BCUT2D eigenvalue weighted by atomic mass is 10.2. The molecule has 5 heteroatoms. The van der Waals surface area contributed by atoms with Crippen molar-refractivity contribution < 1.29 is 14.3 Å². The molecule has 0 aromatic heterocycles. The summed E-state index contributed by atoms with van der Waals surface area (Å²) in [6.45, 7) is 0.422. The minimum absolute atomic E-state index is 0.192. The maximum Gasteiger partial charge on any atom is 0.408 e. The molecule has 0 unspecified atom stereocenters. The number of hydrogen-bond acceptors (Lipinski definition) is 3. The third-order valence-electron chi connectivity index (χ3n) is 2.92. The molecule has 0 fully saturated rings. The van der Waals surface area contributed by atoms with Crippen LogP contribution >= 0.6 is 11.6 Å². The van der Waals surface area contributed by atoms with Gasteiger partial charge in [0.15, 0.2) is 0 Å². The summed E-state index contributed by atoms with van der Waals surface area (Å²) < 4.78 is 10.1. The van der Waals surface area contributed by atoms with Crippen molar-refractivity contribution in [3.05, 3.63) is 64.7 Å². The number of ether oxygens (including phenoxy) is 2. The van der Waals surface area contributed by atoms with E-state index < -0.39 is 6.09 Å². The number of benzene rings is 2. The molecule has 0 heterocycles. The highest BCUT2D eigenvalue weighted by Crippen LogP contribution is 2.24. The Morgan fingerprint density at radius 1 is 1.22 bits per heavy atom. The van der Waals surface area contributed by atoms with Crippen LogP contribution in [0.2, 0.25) is 5.02 Å². The first kappa shape index (κ1) is 16.7. The summed E-state index contributed by atoms with van der Waals surface area (Å²) in [4.78, 5) is 11.5. The summed E-state index contributed by atoms with van der Waals surface area (Å²) in [5.41, 5.74) is 1.68. The number of methoxy groups -OCH3 is 1. The molecule has 2 aromatic carbocycles. The number of halogens is 1. The van der Waals surface area contributed by atoms with Gasteiger partial charge in [-0.3, -0.25) is 0 Å². The number of alkyl carbamates (subject to hydrolysis) is 1. The monoisotopic (exact) mass is 329 g/mol. The van der Waals surface area contributed by atoms with Crippen LogP contribution in [0.15, 0.2) is 48.5 Å². The summed E-state index contributed by atoms with van der Waals surface area (Å²) in [6, 6.07) is 14.7. The van der Waals surface area contributed by atoms with Gasteiger partial charge in [0.2, 0.25) is 0 Å². The molecule has 0 bridgehead atoms. The molecule has 23 heavy (non-hydrogen) atoms. The number of carbonyl (C=O) groups excluding carboxylic acids is 1. The van der Waals surface area contributed by atoms with Gasteiger partial charge in [-0.15, -0.1) is 0 Å². The van der Waals surface area contributed by atoms with Crippen molar-refractivity contribution in [2.24, 2.45) is 0 Å². The minimum atomic E-state index is -0.504. The number of rotatable bonds is 4. The molecule has 0 spiro atoms. The second kappa shape index (κ2) is 8.72. The fourth-order valence-corrected chi connectivity index (χ4v) is 2.04. The fourth-order valence-electron chi connectivity index (χ4n) is 1.78.